The van der Waals surface area contributed by atoms with Crippen LogP contribution in [0.5, 0.6) is 0 Å². The van der Waals surface area contributed by atoms with Crippen LogP contribution in [0.3, 0.4) is 0 Å². The fourth-order valence-electron chi connectivity index (χ4n) is 1.37. The molecule has 20 heavy (non-hydrogen) atoms. The second-order valence-electron chi connectivity index (χ2n) is 5.20. The van der Waals surface area contributed by atoms with Crippen LogP contribution in [0.25, 0.3) is 0 Å². The number of carbonyl (C=O) groups is 3. The van der Waals surface area contributed by atoms with E-state index in [0.29, 0.717) is 0 Å². The van der Waals surface area contributed by atoms with Gasteiger partial charge < -0.3 is 9.47 Å². The molecule has 6 nitrogen and oxygen atoms in total. The molecule has 0 aromatic carbocycles. The van der Waals surface area contributed by atoms with Crippen LogP contribution in [-0.2, 0) is 19.1 Å². The average Bonchev–Trinajstić information content (AvgIpc) is 2.26. The van der Waals surface area contributed by atoms with Crippen molar-refractivity contribution in [2.45, 2.75) is 47.1 Å². The number of hydrogen-bond acceptors (Lipinski definition) is 5. The van der Waals surface area contributed by atoms with Crippen molar-refractivity contribution in [1.82, 2.24) is 4.90 Å². The van der Waals surface area contributed by atoms with Crippen molar-refractivity contribution in [2.75, 3.05) is 6.79 Å². The van der Waals surface area contributed by atoms with Gasteiger partial charge in [-0.05, 0) is 26.7 Å². The van der Waals surface area contributed by atoms with Gasteiger partial charge in [0.25, 0.3) is 0 Å². The average molecular weight is 285 g/mol. The molecule has 0 fully saturated rings. The highest BCUT2D eigenvalue weighted by molar-refractivity contribution is 5.92. The number of esters is 1. The Morgan fingerprint density at radius 2 is 1.65 bits per heavy atom. The van der Waals surface area contributed by atoms with Gasteiger partial charge in [0.15, 0.2) is 0 Å². The maximum atomic E-state index is 11.9. The molecule has 0 aliphatic rings. The van der Waals surface area contributed by atoms with Crippen molar-refractivity contribution in [1.29, 1.82) is 0 Å². The summed E-state index contributed by atoms with van der Waals surface area (Å²) in [5.41, 5.74) is 0.206. The minimum Gasteiger partial charge on any atom is -0.424 e. The summed E-state index contributed by atoms with van der Waals surface area (Å²) in [4.78, 5) is 35.9. The predicted octanol–water partition coefficient (Wildman–Crippen LogP) is 2.48. The van der Waals surface area contributed by atoms with Crippen LogP contribution in [0.1, 0.15) is 41.0 Å². The summed E-state index contributed by atoms with van der Waals surface area (Å²) in [6.45, 7) is 11.5. The number of carbonyl (C=O) groups excluding carboxylic acids is 3. The highest BCUT2D eigenvalue weighted by atomic mass is 16.7. The molecule has 114 valence electrons. The predicted molar refractivity (Wildman–Crippen MR) is 73.7 cm³/mol. The van der Waals surface area contributed by atoms with E-state index in [4.69, 9.17) is 4.74 Å². The monoisotopic (exact) mass is 285 g/mol. The zero-order valence-corrected chi connectivity index (χ0v) is 12.8. The summed E-state index contributed by atoms with van der Waals surface area (Å²) in [5, 5.41) is 0. The Bertz CT molecular complexity index is 387. The molecule has 0 unspecified atom stereocenters. The van der Waals surface area contributed by atoms with Gasteiger partial charge in [-0.3, -0.25) is 4.79 Å². The number of nitrogens with zero attached hydrogens (tertiary/aromatic N) is 1. The molecule has 0 radical (unpaired) electrons. The fraction of sp³-hybridized carbons (Fsp3) is 0.643. The van der Waals surface area contributed by atoms with Crippen molar-refractivity contribution >= 4 is 18.0 Å². The Balaban J connectivity index is 4.48. The van der Waals surface area contributed by atoms with Crippen molar-refractivity contribution in [3.05, 3.63) is 12.2 Å². The largest absolute Gasteiger partial charge is 0.424 e. The van der Waals surface area contributed by atoms with E-state index in [0.717, 1.165) is 4.90 Å². The molecule has 0 aliphatic heterocycles. The molecular weight excluding hydrogens is 262 g/mol. The molecule has 0 aliphatic carbocycles. The fourth-order valence-corrected chi connectivity index (χ4v) is 1.37. The Hall–Kier alpha value is -1.85. The van der Waals surface area contributed by atoms with Crippen LogP contribution < -0.4 is 0 Å². The number of ether oxygens (including phenoxy) is 2. The molecule has 0 aromatic rings. The van der Waals surface area contributed by atoms with Crippen LogP contribution in [0.15, 0.2) is 12.2 Å². The number of hydrogen-bond donors (Lipinski definition) is 0. The molecule has 6 heteroatoms. The van der Waals surface area contributed by atoms with E-state index in [1.54, 1.807) is 13.8 Å². The second-order valence-corrected chi connectivity index (χ2v) is 5.20. The zero-order chi connectivity index (χ0) is 15.9. The van der Waals surface area contributed by atoms with Gasteiger partial charge in [0.2, 0.25) is 12.7 Å². The minimum atomic E-state index is -0.819. The molecule has 0 aromatic heterocycles. The lowest BCUT2D eigenvalue weighted by molar-refractivity contribution is -0.148. The van der Waals surface area contributed by atoms with E-state index in [-0.39, 0.29) is 29.9 Å². The van der Waals surface area contributed by atoms with Crippen LogP contribution in [0.4, 0.5) is 4.79 Å². The first-order valence-corrected chi connectivity index (χ1v) is 6.48. The first kappa shape index (κ1) is 18.1. The Morgan fingerprint density at radius 3 is 2.05 bits per heavy atom. The standard InChI is InChI=1S/C14H23NO5/c1-9(2)7-12(16)15(11(5)6)14(18)20-8-19-13(17)10(3)4/h9,11H,3,7-8H2,1-2,4-6H3. The van der Waals surface area contributed by atoms with E-state index >= 15 is 0 Å². The van der Waals surface area contributed by atoms with E-state index < -0.39 is 18.9 Å². The molecule has 0 heterocycles. The molecule has 0 bridgehead atoms. The number of imide groups is 1. The van der Waals surface area contributed by atoms with E-state index in [1.165, 1.54) is 6.92 Å². The lowest BCUT2D eigenvalue weighted by atomic mass is 10.1. The van der Waals surface area contributed by atoms with Crippen LogP contribution in [0, 0.1) is 5.92 Å². The van der Waals surface area contributed by atoms with Gasteiger partial charge in [-0.25, -0.2) is 14.5 Å². The second kappa shape index (κ2) is 8.35. The maximum absolute atomic E-state index is 11.9. The van der Waals surface area contributed by atoms with Gasteiger partial charge in [-0.15, -0.1) is 0 Å². The molecule has 0 saturated heterocycles. The van der Waals surface area contributed by atoms with Crippen LogP contribution in [0.2, 0.25) is 0 Å². The van der Waals surface area contributed by atoms with Crippen molar-refractivity contribution < 1.29 is 23.9 Å². The van der Waals surface area contributed by atoms with Crippen molar-refractivity contribution in [3.8, 4) is 0 Å². The number of amides is 2. The SMILES string of the molecule is C=C(C)C(=O)OCOC(=O)N(C(=O)CC(C)C)C(C)C. The first-order valence-electron chi connectivity index (χ1n) is 6.48. The van der Waals surface area contributed by atoms with Crippen LogP contribution in [-0.4, -0.2) is 35.7 Å². The lowest BCUT2D eigenvalue weighted by Crippen LogP contribution is -2.43. The summed E-state index contributed by atoms with van der Waals surface area (Å²) < 4.78 is 9.42. The molecule has 0 atom stereocenters. The van der Waals surface area contributed by atoms with E-state index in [1.807, 2.05) is 13.8 Å². The van der Waals surface area contributed by atoms with Crippen molar-refractivity contribution in [2.24, 2.45) is 5.92 Å². The minimum absolute atomic E-state index is 0.137. The van der Waals surface area contributed by atoms with Gasteiger partial charge in [-0.2, -0.15) is 0 Å². The maximum Gasteiger partial charge on any atom is 0.419 e. The van der Waals surface area contributed by atoms with Gasteiger partial charge in [0, 0.05) is 18.0 Å². The quantitative estimate of drug-likeness (QED) is 0.426. The summed E-state index contributed by atoms with van der Waals surface area (Å²) in [6.07, 6.45) is -0.570. The van der Waals surface area contributed by atoms with Gasteiger partial charge in [0.05, 0.1) is 0 Å². The molecule has 0 rings (SSSR count). The van der Waals surface area contributed by atoms with Gasteiger partial charge >= 0.3 is 12.1 Å². The summed E-state index contributed by atoms with van der Waals surface area (Å²) in [6, 6.07) is -0.328. The summed E-state index contributed by atoms with van der Waals surface area (Å²) >= 11 is 0. The molecule has 2 amide bonds. The summed E-state index contributed by atoms with van der Waals surface area (Å²) in [7, 11) is 0. The Labute approximate surface area is 119 Å². The topological polar surface area (TPSA) is 72.9 Å². The normalized spacial score (nSPS) is 10.3. The smallest absolute Gasteiger partial charge is 0.419 e. The molecule has 0 spiro atoms. The highest BCUT2D eigenvalue weighted by Gasteiger charge is 2.26. The Kier molecular flexibility index (Phi) is 7.57. The lowest BCUT2D eigenvalue weighted by Gasteiger charge is -2.24. The molecule has 0 saturated carbocycles. The van der Waals surface area contributed by atoms with Crippen molar-refractivity contribution in [3.63, 3.8) is 0 Å². The number of rotatable bonds is 6. The highest BCUT2D eigenvalue weighted by Crippen LogP contribution is 2.09. The molecule has 0 N–H and O–H groups in total. The van der Waals surface area contributed by atoms with Gasteiger partial charge in [0.1, 0.15) is 0 Å². The van der Waals surface area contributed by atoms with Crippen LogP contribution >= 0.6 is 0 Å². The third-order valence-electron chi connectivity index (χ3n) is 2.29. The Morgan fingerprint density at radius 1 is 1.10 bits per heavy atom. The van der Waals surface area contributed by atoms with Gasteiger partial charge in [-0.1, -0.05) is 20.4 Å². The molecular formula is C14H23NO5. The van der Waals surface area contributed by atoms with E-state index in [9.17, 15) is 14.4 Å². The zero-order valence-electron chi connectivity index (χ0n) is 12.8. The third kappa shape index (κ3) is 6.36. The van der Waals surface area contributed by atoms with E-state index in [2.05, 4.69) is 11.3 Å². The first-order chi connectivity index (χ1) is 9.16. The third-order valence-corrected chi connectivity index (χ3v) is 2.29. The summed E-state index contributed by atoms with van der Waals surface area (Å²) in [5.74, 6) is -0.827.